The topological polar surface area (TPSA) is 65.6 Å². The Hall–Kier alpha value is -2.47. The van der Waals surface area contributed by atoms with Crippen molar-refractivity contribution in [1.82, 2.24) is 9.88 Å². The number of pyridine rings is 1. The van der Waals surface area contributed by atoms with Gasteiger partial charge < -0.3 is 19.5 Å². The molecule has 6 nitrogen and oxygen atoms in total. The highest BCUT2D eigenvalue weighted by Gasteiger charge is 2.24. The maximum absolute atomic E-state index is 12.5. The van der Waals surface area contributed by atoms with Crippen LogP contribution in [0.3, 0.4) is 0 Å². The first-order valence-electron chi connectivity index (χ1n) is 7.65. The third kappa shape index (κ3) is 3.38. The molecule has 0 spiro atoms. The molecule has 1 aliphatic rings. The molecular formula is C17H18ClN3O3. The number of hydrogen-bond acceptors (Lipinski definition) is 4. The molecule has 3 rings (SSSR count). The summed E-state index contributed by atoms with van der Waals surface area (Å²) >= 11 is 5.87. The van der Waals surface area contributed by atoms with Crippen LogP contribution in [0.2, 0.25) is 5.02 Å². The third-order valence-electron chi connectivity index (χ3n) is 4.10. The van der Waals surface area contributed by atoms with Crippen molar-refractivity contribution in [1.29, 1.82) is 0 Å². The summed E-state index contributed by atoms with van der Waals surface area (Å²) in [5.74, 6) is 0.529. The Balaban J connectivity index is 1.67. The number of aromatic amines is 1. The maximum Gasteiger partial charge on any atom is 0.260 e. The molecule has 2 aromatic rings. The predicted octanol–water partition coefficient (Wildman–Crippen LogP) is 2.00. The molecule has 126 valence electrons. The third-order valence-corrected chi connectivity index (χ3v) is 4.32. The number of H-pyrrole nitrogens is 1. The summed E-state index contributed by atoms with van der Waals surface area (Å²) in [4.78, 5) is 30.7. The van der Waals surface area contributed by atoms with E-state index in [1.807, 2.05) is 24.3 Å². The van der Waals surface area contributed by atoms with E-state index in [0.717, 1.165) is 11.4 Å². The molecule has 7 heteroatoms. The van der Waals surface area contributed by atoms with E-state index in [2.05, 4.69) is 9.88 Å². The predicted molar refractivity (Wildman–Crippen MR) is 93.2 cm³/mol. The number of nitrogens with one attached hydrogen (secondary N) is 1. The summed E-state index contributed by atoms with van der Waals surface area (Å²) in [5, 5.41) is 0.342. The lowest BCUT2D eigenvalue weighted by atomic mass is 10.2. The minimum absolute atomic E-state index is 0.0837. The number of methoxy groups -OCH3 is 1. The number of carbonyl (C=O) groups excluding carboxylic acids is 1. The zero-order valence-electron chi connectivity index (χ0n) is 13.3. The lowest BCUT2D eigenvalue weighted by molar-refractivity contribution is 0.0745. The van der Waals surface area contributed by atoms with E-state index in [1.54, 1.807) is 12.0 Å². The van der Waals surface area contributed by atoms with Gasteiger partial charge in [-0.3, -0.25) is 9.59 Å². The van der Waals surface area contributed by atoms with Crippen molar-refractivity contribution in [3.63, 3.8) is 0 Å². The monoisotopic (exact) mass is 347 g/mol. The highest BCUT2D eigenvalue weighted by molar-refractivity contribution is 6.30. The molecule has 0 bridgehead atoms. The van der Waals surface area contributed by atoms with Crippen molar-refractivity contribution in [3.8, 4) is 5.75 Å². The number of aromatic nitrogens is 1. The van der Waals surface area contributed by atoms with Gasteiger partial charge in [-0.15, -0.1) is 0 Å². The minimum Gasteiger partial charge on any atom is -0.497 e. The molecule has 1 N–H and O–H groups in total. The highest BCUT2D eigenvalue weighted by atomic mass is 35.5. The molecule has 0 saturated carbocycles. The molecule has 1 aliphatic heterocycles. The van der Waals surface area contributed by atoms with E-state index in [0.29, 0.717) is 31.2 Å². The molecule has 0 aliphatic carbocycles. The van der Waals surface area contributed by atoms with Gasteiger partial charge in [-0.05, 0) is 30.3 Å². The summed E-state index contributed by atoms with van der Waals surface area (Å²) < 4.78 is 5.16. The van der Waals surface area contributed by atoms with Crippen molar-refractivity contribution in [2.75, 3.05) is 38.2 Å². The van der Waals surface area contributed by atoms with Gasteiger partial charge in [-0.2, -0.15) is 0 Å². The van der Waals surface area contributed by atoms with Crippen LogP contribution in [-0.4, -0.2) is 49.1 Å². The molecular weight excluding hydrogens is 330 g/mol. The van der Waals surface area contributed by atoms with E-state index in [4.69, 9.17) is 16.3 Å². The molecule has 0 radical (unpaired) electrons. The first-order chi connectivity index (χ1) is 11.6. The van der Waals surface area contributed by atoms with Gasteiger partial charge in [0.15, 0.2) is 0 Å². The first kappa shape index (κ1) is 16.4. The van der Waals surface area contributed by atoms with E-state index in [-0.39, 0.29) is 11.5 Å². The second-order valence-corrected chi connectivity index (χ2v) is 5.97. The summed E-state index contributed by atoms with van der Waals surface area (Å²) in [6, 6.07) is 9.24. The van der Waals surface area contributed by atoms with Gasteiger partial charge in [-0.1, -0.05) is 11.6 Å². The van der Waals surface area contributed by atoms with E-state index in [9.17, 15) is 9.59 Å². The van der Waals surface area contributed by atoms with Crippen molar-refractivity contribution in [2.24, 2.45) is 0 Å². The van der Waals surface area contributed by atoms with E-state index >= 15 is 0 Å². The van der Waals surface area contributed by atoms with Crippen LogP contribution < -0.4 is 15.2 Å². The highest BCUT2D eigenvalue weighted by Crippen LogP contribution is 2.21. The lowest BCUT2D eigenvalue weighted by Gasteiger charge is -2.36. The minimum atomic E-state index is -0.415. The Labute approximate surface area is 144 Å². The molecule has 2 heterocycles. The molecule has 0 unspecified atom stereocenters. The lowest BCUT2D eigenvalue weighted by Crippen LogP contribution is -2.49. The number of rotatable bonds is 3. The quantitative estimate of drug-likeness (QED) is 0.922. The van der Waals surface area contributed by atoms with Gasteiger partial charge >= 0.3 is 0 Å². The zero-order valence-corrected chi connectivity index (χ0v) is 14.0. The number of hydrogen-bond donors (Lipinski definition) is 1. The van der Waals surface area contributed by atoms with Gasteiger partial charge in [0.2, 0.25) is 0 Å². The Kier molecular flexibility index (Phi) is 4.76. The van der Waals surface area contributed by atoms with Crippen LogP contribution in [0.5, 0.6) is 5.75 Å². The van der Waals surface area contributed by atoms with Crippen LogP contribution in [0.15, 0.2) is 41.3 Å². The maximum atomic E-state index is 12.5. The summed E-state index contributed by atoms with van der Waals surface area (Å²) in [6.07, 6.45) is 1.38. The molecule has 1 amide bonds. The van der Waals surface area contributed by atoms with E-state index < -0.39 is 5.56 Å². The fraction of sp³-hybridized carbons (Fsp3) is 0.294. The Morgan fingerprint density at radius 1 is 1.17 bits per heavy atom. The fourth-order valence-electron chi connectivity index (χ4n) is 2.75. The first-order valence-corrected chi connectivity index (χ1v) is 8.03. The fourth-order valence-corrected chi connectivity index (χ4v) is 2.91. The summed E-state index contributed by atoms with van der Waals surface area (Å²) in [6.45, 7) is 2.51. The molecule has 1 aromatic carbocycles. The van der Waals surface area contributed by atoms with Gasteiger partial charge in [0.25, 0.3) is 11.5 Å². The van der Waals surface area contributed by atoms with Crippen LogP contribution in [0.1, 0.15) is 10.4 Å². The smallest absolute Gasteiger partial charge is 0.260 e. The standard InChI is InChI=1S/C17H18ClN3O3/c1-24-14-4-2-13(3-5-14)20-6-8-21(9-7-20)17(23)15-10-12(18)11-19-16(15)22/h2-5,10-11H,6-9H2,1H3,(H,19,22). The largest absolute Gasteiger partial charge is 0.497 e. The number of anilines is 1. The molecule has 24 heavy (non-hydrogen) atoms. The number of ether oxygens (including phenoxy) is 1. The van der Waals surface area contributed by atoms with Gasteiger partial charge in [0.05, 0.1) is 12.1 Å². The zero-order chi connectivity index (χ0) is 17.1. The second-order valence-electron chi connectivity index (χ2n) is 5.54. The molecule has 1 aromatic heterocycles. The molecule has 1 fully saturated rings. The van der Waals surface area contributed by atoms with Crippen molar-refractivity contribution in [3.05, 3.63) is 57.5 Å². The van der Waals surface area contributed by atoms with Crippen LogP contribution >= 0.6 is 11.6 Å². The van der Waals surface area contributed by atoms with Crippen LogP contribution in [0, 0.1) is 0 Å². The number of carbonyl (C=O) groups is 1. The van der Waals surface area contributed by atoms with Crippen molar-refractivity contribution >= 4 is 23.2 Å². The molecule has 0 atom stereocenters. The van der Waals surface area contributed by atoms with Gasteiger partial charge in [0, 0.05) is 38.1 Å². The van der Waals surface area contributed by atoms with Crippen LogP contribution in [-0.2, 0) is 0 Å². The number of halogens is 1. The van der Waals surface area contributed by atoms with Crippen molar-refractivity contribution < 1.29 is 9.53 Å². The SMILES string of the molecule is COc1ccc(N2CCN(C(=O)c3cc(Cl)c[nH]c3=O)CC2)cc1. The number of piperazine rings is 1. The Morgan fingerprint density at radius 2 is 1.83 bits per heavy atom. The summed E-state index contributed by atoms with van der Waals surface area (Å²) in [7, 11) is 1.64. The summed E-state index contributed by atoms with van der Waals surface area (Å²) in [5.41, 5.74) is 0.755. The van der Waals surface area contributed by atoms with Crippen LogP contribution in [0.25, 0.3) is 0 Å². The van der Waals surface area contributed by atoms with Crippen molar-refractivity contribution in [2.45, 2.75) is 0 Å². The molecule has 1 saturated heterocycles. The second kappa shape index (κ2) is 6.97. The average Bonchev–Trinajstić information content (AvgIpc) is 2.63. The normalized spacial score (nSPS) is 14.6. The van der Waals surface area contributed by atoms with Crippen LogP contribution in [0.4, 0.5) is 5.69 Å². The number of nitrogens with zero attached hydrogens (tertiary/aromatic N) is 2. The van der Waals surface area contributed by atoms with Gasteiger partial charge in [0.1, 0.15) is 11.3 Å². The Morgan fingerprint density at radius 3 is 2.46 bits per heavy atom. The van der Waals surface area contributed by atoms with Gasteiger partial charge in [-0.25, -0.2) is 0 Å². The van der Waals surface area contributed by atoms with E-state index in [1.165, 1.54) is 12.3 Å². The Bertz CT molecular complexity index is 780. The number of benzene rings is 1. The number of amides is 1. The average molecular weight is 348 g/mol.